The molecule has 1 amide bonds. The van der Waals surface area contributed by atoms with Gasteiger partial charge in [0.25, 0.3) is 5.56 Å². The van der Waals surface area contributed by atoms with Crippen molar-refractivity contribution in [2.75, 3.05) is 13.1 Å². The third-order valence-corrected chi connectivity index (χ3v) is 4.92. The van der Waals surface area contributed by atoms with Crippen molar-refractivity contribution in [1.82, 2.24) is 23.6 Å². The van der Waals surface area contributed by atoms with Gasteiger partial charge in [0, 0.05) is 40.0 Å². The summed E-state index contributed by atoms with van der Waals surface area (Å²) in [6.45, 7) is 0.275. The standard InChI is InChI=1S/C16H21N5O6/c1-18-14-13(15(26)19(2)16(18)27)17-8-21(14)9-6-20(7-10(9)22)11(23)4-3-5-12(24)25/h8-10,22H,3-7H2,1-2H3,(H,24,25)/t9-,10-/m1/s1. The molecule has 0 aliphatic carbocycles. The quantitative estimate of drug-likeness (QED) is 0.640. The third kappa shape index (κ3) is 3.25. The molecule has 2 aromatic heterocycles. The van der Waals surface area contributed by atoms with Crippen molar-refractivity contribution >= 4 is 23.0 Å². The SMILES string of the molecule is Cn1c(=O)c2ncn([C@@H]3CN(C(=O)CCCC(=O)O)C[C@H]3O)c2n(C)c1=O. The Kier molecular flexibility index (Phi) is 4.87. The van der Waals surface area contributed by atoms with Gasteiger partial charge < -0.3 is 19.7 Å². The molecule has 0 bridgehead atoms. The van der Waals surface area contributed by atoms with Crippen molar-refractivity contribution in [2.45, 2.75) is 31.4 Å². The van der Waals surface area contributed by atoms with E-state index in [4.69, 9.17) is 5.11 Å². The highest BCUT2D eigenvalue weighted by atomic mass is 16.4. The molecule has 27 heavy (non-hydrogen) atoms. The van der Waals surface area contributed by atoms with Gasteiger partial charge in [-0.1, -0.05) is 0 Å². The Hall–Kier alpha value is -2.95. The third-order valence-electron chi connectivity index (χ3n) is 4.92. The van der Waals surface area contributed by atoms with E-state index >= 15 is 0 Å². The number of carboxylic acids is 1. The first-order valence-electron chi connectivity index (χ1n) is 8.52. The molecule has 1 aliphatic heterocycles. The molecular weight excluding hydrogens is 358 g/mol. The summed E-state index contributed by atoms with van der Waals surface area (Å²) >= 11 is 0. The van der Waals surface area contributed by atoms with Crippen LogP contribution in [0, 0.1) is 0 Å². The number of imidazole rings is 1. The van der Waals surface area contributed by atoms with Crippen LogP contribution in [-0.4, -0.2) is 64.9 Å². The maximum absolute atomic E-state index is 12.3. The molecule has 2 N–H and O–H groups in total. The van der Waals surface area contributed by atoms with Gasteiger partial charge >= 0.3 is 11.7 Å². The number of fused-ring (bicyclic) bond motifs is 1. The van der Waals surface area contributed by atoms with Crippen LogP contribution in [-0.2, 0) is 23.7 Å². The Morgan fingerprint density at radius 3 is 2.56 bits per heavy atom. The summed E-state index contributed by atoms with van der Waals surface area (Å²) in [4.78, 5) is 52.8. The van der Waals surface area contributed by atoms with Crippen LogP contribution in [0.2, 0.25) is 0 Å². The van der Waals surface area contributed by atoms with E-state index in [9.17, 15) is 24.3 Å². The van der Waals surface area contributed by atoms with Gasteiger partial charge in [-0.2, -0.15) is 0 Å². The number of rotatable bonds is 5. The van der Waals surface area contributed by atoms with E-state index in [-0.39, 0.29) is 49.4 Å². The molecular formula is C16H21N5O6. The van der Waals surface area contributed by atoms with Crippen molar-refractivity contribution in [2.24, 2.45) is 14.1 Å². The first-order valence-corrected chi connectivity index (χ1v) is 8.52. The number of carbonyl (C=O) groups excluding carboxylic acids is 1. The zero-order valence-corrected chi connectivity index (χ0v) is 15.0. The van der Waals surface area contributed by atoms with Crippen LogP contribution in [0.5, 0.6) is 0 Å². The summed E-state index contributed by atoms with van der Waals surface area (Å²) < 4.78 is 3.80. The lowest BCUT2D eigenvalue weighted by Gasteiger charge is -2.18. The number of β-amino-alcohol motifs (C(OH)–C–C–N with tert-alkyl or cyclic N) is 1. The lowest BCUT2D eigenvalue weighted by atomic mass is 10.2. The maximum Gasteiger partial charge on any atom is 0.332 e. The molecule has 1 aliphatic rings. The highest BCUT2D eigenvalue weighted by Crippen LogP contribution is 2.25. The second kappa shape index (κ2) is 6.99. The molecule has 0 spiro atoms. The van der Waals surface area contributed by atoms with Crippen molar-refractivity contribution in [3.8, 4) is 0 Å². The van der Waals surface area contributed by atoms with E-state index in [2.05, 4.69) is 4.98 Å². The Balaban J connectivity index is 1.88. The Morgan fingerprint density at radius 1 is 1.19 bits per heavy atom. The molecule has 1 fully saturated rings. The van der Waals surface area contributed by atoms with Crippen molar-refractivity contribution < 1.29 is 19.8 Å². The number of likely N-dealkylation sites (tertiary alicyclic amines) is 1. The number of hydrogen-bond acceptors (Lipinski definition) is 6. The zero-order chi connectivity index (χ0) is 19.9. The topological polar surface area (TPSA) is 140 Å². The molecule has 0 aromatic carbocycles. The fourth-order valence-electron chi connectivity index (χ4n) is 3.44. The summed E-state index contributed by atoms with van der Waals surface area (Å²) in [6, 6.07) is -0.559. The van der Waals surface area contributed by atoms with Gasteiger partial charge in [-0.15, -0.1) is 0 Å². The molecule has 11 heteroatoms. The van der Waals surface area contributed by atoms with E-state index in [0.717, 1.165) is 4.57 Å². The molecule has 3 heterocycles. The van der Waals surface area contributed by atoms with Crippen LogP contribution in [0.15, 0.2) is 15.9 Å². The summed E-state index contributed by atoms with van der Waals surface area (Å²) in [5, 5.41) is 19.1. The van der Waals surface area contributed by atoms with Gasteiger partial charge in [0.15, 0.2) is 5.52 Å². The average molecular weight is 379 g/mol. The number of aromatic nitrogens is 4. The Morgan fingerprint density at radius 2 is 1.89 bits per heavy atom. The Labute approximate surface area is 153 Å². The highest BCUT2D eigenvalue weighted by Gasteiger charge is 2.36. The van der Waals surface area contributed by atoms with Crippen LogP contribution >= 0.6 is 0 Å². The van der Waals surface area contributed by atoms with Crippen LogP contribution in [0.3, 0.4) is 0 Å². The monoisotopic (exact) mass is 379 g/mol. The smallest absolute Gasteiger partial charge is 0.332 e. The van der Waals surface area contributed by atoms with Gasteiger partial charge in [0.2, 0.25) is 5.91 Å². The second-order valence-electron chi connectivity index (χ2n) is 6.71. The largest absolute Gasteiger partial charge is 0.481 e. The predicted octanol–water partition coefficient (Wildman–Crippen LogP) is -1.57. The van der Waals surface area contributed by atoms with Gasteiger partial charge in [0.1, 0.15) is 5.65 Å². The first-order chi connectivity index (χ1) is 12.7. The number of aryl methyl sites for hydroxylation is 1. The summed E-state index contributed by atoms with van der Waals surface area (Å²) in [7, 11) is 2.88. The number of carbonyl (C=O) groups is 2. The second-order valence-corrected chi connectivity index (χ2v) is 6.71. The fourth-order valence-corrected chi connectivity index (χ4v) is 3.44. The number of amides is 1. The summed E-state index contributed by atoms with van der Waals surface area (Å²) in [5.74, 6) is -1.21. The number of aliphatic hydroxyl groups is 1. The van der Waals surface area contributed by atoms with Gasteiger partial charge in [-0.25, -0.2) is 9.78 Å². The minimum absolute atomic E-state index is 0.0788. The number of hydrogen-bond donors (Lipinski definition) is 2. The van der Waals surface area contributed by atoms with E-state index in [1.54, 1.807) is 4.57 Å². The molecule has 2 atom stereocenters. The molecule has 0 saturated carbocycles. The average Bonchev–Trinajstić information content (AvgIpc) is 3.21. The predicted molar refractivity (Wildman–Crippen MR) is 93.3 cm³/mol. The molecule has 2 aromatic rings. The molecule has 0 unspecified atom stereocenters. The van der Waals surface area contributed by atoms with E-state index in [1.807, 2.05) is 0 Å². The van der Waals surface area contributed by atoms with Crippen LogP contribution in [0.25, 0.3) is 11.2 Å². The zero-order valence-electron chi connectivity index (χ0n) is 15.0. The van der Waals surface area contributed by atoms with Crippen molar-refractivity contribution in [3.05, 3.63) is 27.2 Å². The number of carboxylic acid groups (broad SMARTS) is 1. The van der Waals surface area contributed by atoms with Crippen molar-refractivity contribution in [3.63, 3.8) is 0 Å². The van der Waals surface area contributed by atoms with E-state index < -0.39 is 29.4 Å². The summed E-state index contributed by atoms with van der Waals surface area (Å²) in [5.41, 5.74) is -0.644. The number of aliphatic carboxylic acids is 1. The van der Waals surface area contributed by atoms with Crippen LogP contribution in [0.4, 0.5) is 0 Å². The molecule has 146 valence electrons. The van der Waals surface area contributed by atoms with Gasteiger partial charge in [0.05, 0.1) is 18.5 Å². The molecule has 1 saturated heterocycles. The van der Waals surface area contributed by atoms with Gasteiger partial charge in [-0.05, 0) is 6.42 Å². The lowest BCUT2D eigenvalue weighted by molar-refractivity contribution is -0.137. The van der Waals surface area contributed by atoms with E-state index in [0.29, 0.717) is 0 Å². The summed E-state index contributed by atoms with van der Waals surface area (Å²) in [6.07, 6.45) is 0.699. The normalized spacial score (nSPS) is 19.7. The highest BCUT2D eigenvalue weighted by molar-refractivity contribution is 5.77. The Bertz CT molecular complexity index is 1020. The lowest BCUT2D eigenvalue weighted by Crippen LogP contribution is -2.38. The van der Waals surface area contributed by atoms with Crippen molar-refractivity contribution in [1.29, 1.82) is 0 Å². The molecule has 3 rings (SSSR count). The minimum atomic E-state index is -0.963. The van der Waals surface area contributed by atoms with Gasteiger partial charge in [-0.3, -0.25) is 23.5 Å². The van der Waals surface area contributed by atoms with Crippen LogP contribution < -0.4 is 11.2 Å². The maximum atomic E-state index is 12.3. The molecule has 0 radical (unpaired) electrons. The fraction of sp³-hybridized carbons (Fsp3) is 0.562. The number of aliphatic hydroxyl groups excluding tert-OH is 1. The van der Waals surface area contributed by atoms with E-state index in [1.165, 1.54) is 29.9 Å². The minimum Gasteiger partial charge on any atom is -0.481 e. The molecule has 11 nitrogen and oxygen atoms in total. The van der Waals surface area contributed by atoms with Crippen LogP contribution in [0.1, 0.15) is 25.3 Å². The number of nitrogens with zero attached hydrogens (tertiary/aromatic N) is 5. The first kappa shape index (κ1) is 18.8.